The van der Waals surface area contributed by atoms with Crippen molar-refractivity contribution < 1.29 is 9.52 Å². The highest BCUT2D eigenvalue weighted by Crippen LogP contribution is 2.29. The van der Waals surface area contributed by atoms with E-state index in [1.807, 2.05) is 13.0 Å². The van der Waals surface area contributed by atoms with Crippen LogP contribution in [-0.2, 0) is 5.41 Å². The average molecular weight is 197 g/mol. The zero-order chi connectivity index (χ0) is 10.9. The fraction of sp³-hybridized carbons (Fsp3) is 0.636. The maximum absolute atomic E-state index is 8.96. The van der Waals surface area contributed by atoms with Crippen LogP contribution in [0.1, 0.15) is 43.9 Å². The third-order valence-corrected chi connectivity index (χ3v) is 2.29. The molecule has 0 saturated carbocycles. The normalized spacial score (nSPS) is 14.4. The molecule has 0 unspecified atom stereocenters. The van der Waals surface area contributed by atoms with Gasteiger partial charge in [0.05, 0.1) is 12.6 Å². The molecule has 1 atom stereocenters. The van der Waals surface area contributed by atoms with Gasteiger partial charge in [0.1, 0.15) is 11.5 Å². The molecule has 1 heterocycles. The van der Waals surface area contributed by atoms with E-state index in [0.717, 1.165) is 17.1 Å². The van der Waals surface area contributed by atoms with Gasteiger partial charge in [-0.25, -0.2) is 0 Å². The van der Waals surface area contributed by atoms with Crippen LogP contribution in [0.2, 0.25) is 0 Å². The zero-order valence-corrected chi connectivity index (χ0v) is 9.29. The largest absolute Gasteiger partial charge is 0.465 e. The van der Waals surface area contributed by atoms with E-state index in [2.05, 4.69) is 20.8 Å². The van der Waals surface area contributed by atoms with Crippen molar-refractivity contribution in [2.24, 2.45) is 5.73 Å². The van der Waals surface area contributed by atoms with Crippen molar-refractivity contribution in [2.75, 3.05) is 6.61 Å². The minimum absolute atomic E-state index is 0.0157. The monoisotopic (exact) mass is 197 g/mol. The molecule has 0 aromatic carbocycles. The van der Waals surface area contributed by atoms with Crippen LogP contribution in [0.25, 0.3) is 0 Å². The first-order valence-electron chi connectivity index (χ1n) is 4.83. The lowest BCUT2D eigenvalue weighted by Gasteiger charge is -2.13. The minimum Gasteiger partial charge on any atom is -0.465 e. The maximum atomic E-state index is 8.96. The molecule has 1 rings (SSSR count). The second kappa shape index (κ2) is 3.75. The Morgan fingerprint density at radius 3 is 2.43 bits per heavy atom. The van der Waals surface area contributed by atoms with E-state index in [9.17, 15) is 0 Å². The van der Waals surface area contributed by atoms with Gasteiger partial charge in [-0.1, -0.05) is 20.8 Å². The zero-order valence-electron chi connectivity index (χ0n) is 9.29. The van der Waals surface area contributed by atoms with Crippen molar-refractivity contribution >= 4 is 0 Å². The summed E-state index contributed by atoms with van der Waals surface area (Å²) in [5, 5.41) is 8.96. The average Bonchev–Trinajstić information content (AvgIpc) is 2.45. The summed E-state index contributed by atoms with van der Waals surface area (Å²) in [5.41, 5.74) is 6.63. The first-order valence-corrected chi connectivity index (χ1v) is 4.83. The van der Waals surface area contributed by atoms with Crippen molar-refractivity contribution in [2.45, 2.75) is 39.2 Å². The van der Waals surface area contributed by atoms with Gasteiger partial charge in [0.15, 0.2) is 0 Å². The number of nitrogens with two attached hydrogens (primary N) is 1. The topological polar surface area (TPSA) is 59.4 Å². The Kier molecular flexibility index (Phi) is 3.02. The number of hydrogen-bond donors (Lipinski definition) is 2. The molecule has 3 heteroatoms. The van der Waals surface area contributed by atoms with E-state index in [1.54, 1.807) is 0 Å². The molecule has 14 heavy (non-hydrogen) atoms. The minimum atomic E-state index is -0.338. The van der Waals surface area contributed by atoms with Gasteiger partial charge in [-0.05, 0) is 13.0 Å². The van der Waals surface area contributed by atoms with Crippen molar-refractivity contribution in [1.29, 1.82) is 0 Å². The summed E-state index contributed by atoms with van der Waals surface area (Å²) in [6.45, 7) is 8.07. The molecule has 1 aromatic rings. The van der Waals surface area contributed by atoms with Crippen LogP contribution in [0, 0.1) is 6.92 Å². The molecule has 0 aliphatic rings. The number of hydrogen-bond acceptors (Lipinski definition) is 3. The van der Waals surface area contributed by atoms with E-state index >= 15 is 0 Å². The van der Waals surface area contributed by atoms with Gasteiger partial charge in [0.2, 0.25) is 0 Å². The van der Waals surface area contributed by atoms with Crippen molar-refractivity contribution in [3.63, 3.8) is 0 Å². The van der Waals surface area contributed by atoms with Crippen LogP contribution in [0.5, 0.6) is 0 Å². The molecular formula is C11H19NO2. The predicted molar refractivity (Wildman–Crippen MR) is 56.2 cm³/mol. The Morgan fingerprint density at radius 1 is 1.50 bits per heavy atom. The van der Waals surface area contributed by atoms with Crippen LogP contribution in [0.4, 0.5) is 0 Å². The van der Waals surface area contributed by atoms with E-state index in [1.165, 1.54) is 0 Å². The van der Waals surface area contributed by atoms with Crippen LogP contribution in [-0.4, -0.2) is 11.7 Å². The standard InChI is InChI=1S/C11H19NO2/c1-7-8(9(12)6-13)5-10(14-7)11(2,3)4/h5,9,13H,6,12H2,1-4H3/t9-/m0/s1. The number of aliphatic hydroxyl groups is 1. The molecule has 0 aliphatic heterocycles. The molecule has 0 saturated heterocycles. The summed E-state index contributed by atoms with van der Waals surface area (Å²) in [6.07, 6.45) is 0. The first kappa shape index (κ1) is 11.3. The number of rotatable bonds is 2. The highest BCUT2D eigenvalue weighted by atomic mass is 16.3. The Hall–Kier alpha value is -0.800. The lowest BCUT2D eigenvalue weighted by Crippen LogP contribution is -2.15. The first-order chi connectivity index (χ1) is 6.36. The molecule has 0 aliphatic carbocycles. The van der Waals surface area contributed by atoms with Gasteiger partial charge in [0.25, 0.3) is 0 Å². The third kappa shape index (κ3) is 2.16. The Morgan fingerprint density at radius 2 is 2.07 bits per heavy atom. The Labute approximate surface area is 84.9 Å². The van der Waals surface area contributed by atoms with Gasteiger partial charge in [0, 0.05) is 11.0 Å². The van der Waals surface area contributed by atoms with Crippen LogP contribution in [0.15, 0.2) is 10.5 Å². The molecule has 1 aromatic heterocycles. The number of furan rings is 1. The highest BCUT2D eigenvalue weighted by Gasteiger charge is 2.22. The number of aryl methyl sites for hydroxylation is 1. The van der Waals surface area contributed by atoms with E-state index < -0.39 is 0 Å². The fourth-order valence-corrected chi connectivity index (χ4v) is 1.33. The quantitative estimate of drug-likeness (QED) is 0.761. The SMILES string of the molecule is Cc1oc(C(C)(C)C)cc1[C@@H](N)CO. The second-order valence-corrected chi connectivity index (χ2v) is 4.66. The van der Waals surface area contributed by atoms with Crippen LogP contribution in [0.3, 0.4) is 0 Å². The molecule has 3 N–H and O–H groups in total. The molecule has 0 radical (unpaired) electrons. The van der Waals surface area contributed by atoms with E-state index in [0.29, 0.717) is 0 Å². The molecule has 80 valence electrons. The molecule has 0 bridgehead atoms. The van der Waals surface area contributed by atoms with Crippen molar-refractivity contribution in [1.82, 2.24) is 0 Å². The predicted octanol–water partition coefficient (Wildman–Crippen LogP) is 1.88. The van der Waals surface area contributed by atoms with Crippen molar-refractivity contribution in [3.8, 4) is 0 Å². The molecule has 0 spiro atoms. The van der Waals surface area contributed by atoms with Gasteiger partial charge < -0.3 is 15.3 Å². The summed E-state index contributed by atoms with van der Waals surface area (Å²) in [6, 6.07) is 1.60. The molecule has 0 fully saturated rings. The summed E-state index contributed by atoms with van der Waals surface area (Å²) in [7, 11) is 0. The summed E-state index contributed by atoms with van der Waals surface area (Å²) in [5.74, 6) is 1.71. The van der Waals surface area contributed by atoms with Crippen LogP contribution < -0.4 is 5.73 Å². The molecule has 0 amide bonds. The fourth-order valence-electron chi connectivity index (χ4n) is 1.33. The Bertz CT molecular complexity index is 310. The van der Waals surface area contributed by atoms with Crippen LogP contribution >= 0.6 is 0 Å². The summed E-state index contributed by atoms with van der Waals surface area (Å²) < 4.78 is 5.61. The van der Waals surface area contributed by atoms with Gasteiger partial charge in [-0.3, -0.25) is 0 Å². The van der Waals surface area contributed by atoms with E-state index in [4.69, 9.17) is 15.3 Å². The molecule has 3 nitrogen and oxygen atoms in total. The lowest BCUT2D eigenvalue weighted by molar-refractivity contribution is 0.266. The number of aliphatic hydroxyl groups excluding tert-OH is 1. The lowest BCUT2D eigenvalue weighted by atomic mass is 9.92. The second-order valence-electron chi connectivity index (χ2n) is 4.66. The highest BCUT2D eigenvalue weighted by molar-refractivity contribution is 5.27. The summed E-state index contributed by atoms with van der Waals surface area (Å²) >= 11 is 0. The smallest absolute Gasteiger partial charge is 0.109 e. The van der Waals surface area contributed by atoms with Gasteiger partial charge in [-0.15, -0.1) is 0 Å². The molecular weight excluding hydrogens is 178 g/mol. The third-order valence-electron chi connectivity index (χ3n) is 2.29. The van der Waals surface area contributed by atoms with Gasteiger partial charge >= 0.3 is 0 Å². The van der Waals surface area contributed by atoms with E-state index in [-0.39, 0.29) is 18.1 Å². The Balaban J connectivity index is 3.05. The maximum Gasteiger partial charge on any atom is 0.109 e. The van der Waals surface area contributed by atoms with Gasteiger partial charge in [-0.2, -0.15) is 0 Å². The van der Waals surface area contributed by atoms with Crippen molar-refractivity contribution in [3.05, 3.63) is 23.2 Å². The summed E-state index contributed by atoms with van der Waals surface area (Å²) in [4.78, 5) is 0.